The van der Waals surface area contributed by atoms with Crippen LogP contribution >= 0.6 is 0 Å². The number of imidazole rings is 1. The van der Waals surface area contributed by atoms with Crippen molar-refractivity contribution >= 4 is 5.91 Å². The summed E-state index contributed by atoms with van der Waals surface area (Å²) in [5.74, 6) is 0.603. The number of aromatic nitrogens is 2. The Kier molecular flexibility index (Phi) is 5.00. The highest BCUT2D eigenvalue weighted by molar-refractivity contribution is 5.86. The Morgan fingerprint density at radius 3 is 2.67 bits per heavy atom. The summed E-state index contributed by atoms with van der Waals surface area (Å²) in [6, 6.07) is 9.34. The van der Waals surface area contributed by atoms with E-state index in [1.54, 1.807) is 6.20 Å². The number of amides is 1. The summed E-state index contributed by atoms with van der Waals surface area (Å²) in [6.45, 7) is 3.05. The molecule has 1 amide bonds. The van der Waals surface area contributed by atoms with Gasteiger partial charge >= 0.3 is 0 Å². The van der Waals surface area contributed by atoms with Crippen molar-refractivity contribution in [2.45, 2.75) is 44.8 Å². The monoisotopic (exact) mass is 327 g/mol. The number of aryl methyl sites for hydroxylation is 1. The Hall–Kier alpha value is -2.14. The van der Waals surface area contributed by atoms with E-state index in [0.29, 0.717) is 18.7 Å². The average molecular weight is 327 g/mol. The first-order valence-corrected chi connectivity index (χ1v) is 8.66. The van der Waals surface area contributed by atoms with Gasteiger partial charge < -0.3 is 15.0 Å². The number of nitrogens with zero attached hydrogens (tertiary/aromatic N) is 2. The quantitative estimate of drug-likeness (QED) is 0.856. The maximum atomic E-state index is 12.9. The van der Waals surface area contributed by atoms with Crippen LogP contribution in [-0.4, -0.2) is 27.1 Å². The van der Waals surface area contributed by atoms with Gasteiger partial charge in [-0.15, -0.1) is 0 Å². The summed E-state index contributed by atoms with van der Waals surface area (Å²) in [4.78, 5) is 17.1. The van der Waals surface area contributed by atoms with Gasteiger partial charge in [0.25, 0.3) is 5.91 Å². The predicted molar refractivity (Wildman–Crippen MR) is 92.3 cm³/mol. The molecule has 5 heteroatoms. The molecular weight excluding hydrogens is 302 g/mol. The van der Waals surface area contributed by atoms with Gasteiger partial charge in [-0.1, -0.05) is 43.2 Å². The van der Waals surface area contributed by atoms with Crippen LogP contribution in [0.5, 0.6) is 0 Å². The Labute approximate surface area is 142 Å². The topological polar surface area (TPSA) is 67.2 Å². The van der Waals surface area contributed by atoms with Gasteiger partial charge in [0, 0.05) is 31.4 Å². The zero-order valence-corrected chi connectivity index (χ0v) is 14.1. The van der Waals surface area contributed by atoms with Crippen molar-refractivity contribution in [3.8, 4) is 0 Å². The molecule has 0 saturated heterocycles. The van der Waals surface area contributed by atoms with E-state index in [4.69, 9.17) is 0 Å². The third-order valence-corrected chi connectivity index (χ3v) is 5.07. The minimum absolute atomic E-state index is 0.0186. The third-order valence-electron chi connectivity index (χ3n) is 5.07. The molecule has 128 valence electrons. The molecule has 1 aliphatic carbocycles. The molecule has 1 aliphatic rings. The number of nitrogens with one attached hydrogen (secondary N) is 1. The van der Waals surface area contributed by atoms with E-state index < -0.39 is 5.60 Å². The largest absolute Gasteiger partial charge is 0.375 e. The SMILES string of the molecule is Cc1nccn1CCNC(=O)[C@](O)(c1ccccc1)C1CCCC1. The fourth-order valence-electron chi connectivity index (χ4n) is 3.65. The molecule has 1 fully saturated rings. The van der Waals surface area contributed by atoms with Crippen LogP contribution in [0.25, 0.3) is 0 Å². The van der Waals surface area contributed by atoms with Gasteiger partial charge in [-0.05, 0) is 25.3 Å². The molecule has 0 unspecified atom stereocenters. The fraction of sp³-hybridized carbons (Fsp3) is 0.474. The van der Waals surface area contributed by atoms with E-state index in [9.17, 15) is 9.90 Å². The van der Waals surface area contributed by atoms with Gasteiger partial charge in [-0.25, -0.2) is 4.98 Å². The smallest absolute Gasteiger partial charge is 0.256 e. The molecule has 2 N–H and O–H groups in total. The van der Waals surface area contributed by atoms with Gasteiger partial charge in [0.05, 0.1) is 0 Å². The molecule has 5 nitrogen and oxygen atoms in total. The maximum Gasteiger partial charge on any atom is 0.256 e. The summed E-state index contributed by atoms with van der Waals surface area (Å²) in [6.07, 6.45) is 7.55. The molecule has 1 aromatic heterocycles. The normalized spacial score (nSPS) is 17.6. The van der Waals surface area contributed by atoms with Crippen molar-refractivity contribution in [3.63, 3.8) is 0 Å². The second kappa shape index (κ2) is 7.18. The number of carbonyl (C=O) groups excluding carboxylic acids is 1. The second-order valence-electron chi connectivity index (χ2n) is 6.54. The highest BCUT2D eigenvalue weighted by Gasteiger charge is 2.46. The lowest BCUT2D eigenvalue weighted by molar-refractivity contribution is -0.147. The highest BCUT2D eigenvalue weighted by atomic mass is 16.3. The molecule has 24 heavy (non-hydrogen) atoms. The summed E-state index contributed by atoms with van der Waals surface area (Å²) < 4.78 is 1.98. The van der Waals surface area contributed by atoms with Crippen LogP contribution < -0.4 is 5.32 Å². The predicted octanol–water partition coefficient (Wildman–Crippen LogP) is 2.39. The molecular formula is C19H25N3O2. The van der Waals surface area contributed by atoms with E-state index in [0.717, 1.165) is 31.5 Å². The number of aliphatic hydroxyl groups is 1. The molecule has 0 radical (unpaired) electrons. The molecule has 3 rings (SSSR count). The fourth-order valence-corrected chi connectivity index (χ4v) is 3.65. The second-order valence-corrected chi connectivity index (χ2v) is 6.54. The van der Waals surface area contributed by atoms with E-state index in [1.807, 2.05) is 48.0 Å². The Balaban J connectivity index is 1.73. The summed E-state index contributed by atoms with van der Waals surface area (Å²) in [7, 11) is 0. The van der Waals surface area contributed by atoms with E-state index >= 15 is 0 Å². The van der Waals surface area contributed by atoms with Crippen LogP contribution in [0.15, 0.2) is 42.7 Å². The van der Waals surface area contributed by atoms with Crippen molar-refractivity contribution < 1.29 is 9.90 Å². The first-order valence-electron chi connectivity index (χ1n) is 8.66. The van der Waals surface area contributed by atoms with E-state index in [-0.39, 0.29) is 11.8 Å². The average Bonchev–Trinajstić information content (AvgIpc) is 3.27. The van der Waals surface area contributed by atoms with E-state index in [2.05, 4.69) is 10.3 Å². The van der Waals surface area contributed by atoms with E-state index in [1.165, 1.54) is 0 Å². The Bertz CT molecular complexity index is 677. The minimum Gasteiger partial charge on any atom is -0.375 e. The number of hydrogen-bond donors (Lipinski definition) is 2. The number of carbonyl (C=O) groups is 1. The lowest BCUT2D eigenvalue weighted by Crippen LogP contribution is -2.49. The zero-order valence-electron chi connectivity index (χ0n) is 14.1. The molecule has 0 aliphatic heterocycles. The number of rotatable bonds is 6. The molecule has 1 heterocycles. The first kappa shape index (κ1) is 16.7. The highest BCUT2D eigenvalue weighted by Crippen LogP contribution is 2.40. The first-order chi connectivity index (χ1) is 11.6. The van der Waals surface area contributed by atoms with Crippen LogP contribution in [0, 0.1) is 12.8 Å². The lowest BCUT2D eigenvalue weighted by atomic mass is 9.79. The van der Waals surface area contributed by atoms with Crippen LogP contribution in [0.4, 0.5) is 0 Å². The standard InChI is InChI=1S/C19H25N3O2/c1-15-20-11-13-22(15)14-12-21-18(23)19(24,17-9-5-6-10-17)16-7-3-2-4-8-16/h2-4,7-8,11,13,17,24H,5-6,9-10,12,14H2,1H3,(H,21,23)/t19-/m0/s1. The van der Waals surface area contributed by atoms with Crippen molar-refractivity contribution in [2.75, 3.05) is 6.54 Å². The Morgan fingerprint density at radius 2 is 2.04 bits per heavy atom. The number of benzene rings is 1. The lowest BCUT2D eigenvalue weighted by Gasteiger charge is -2.33. The molecule has 2 aromatic rings. The van der Waals surface area contributed by atoms with Gasteiger partial charge in [0.15, 0.2) is 5.60 Å². The van der Waals surface area contributed by atoms with Gasteiger partial charge in [-0.3, -0.25) is 4.79 Å². The molecule has 1 saturated carbocycles. The van der Waals surface area contributed by atoms with Crippen molar-refractivity contribution in [1.29, 1.82) is 0 Å². The van der Waals surface area contributed by atoms with Crippen LogP contribution in [0.3, 0.4) is 0 Å². The minimum atomic E-state index is -1.44. The summed E-state index contributed by atoms with van der Waals surface area (Å²) in [5.41, 5.74) is -0.755. The van der Waals surface area contributed by atoms with Crippen molar-refractivity contribution in [1.82, 2.24) is 14.9 Å². The molecule has 0 spiro atoms. The molecule has 0 bridgehead atoms. The number of hydrogen-bond acceptors (Lipinski definition) is 3. The van der Waals surface area contributed by atoms with Crippen LogP contribution in [-0.2, 0) is 16.9 Å². The van der Waals surface area contributed by atoms with Crippen molar-refractivity contribution in [3.05, 3.63) is 54.1 Å². The maximum absolute atomic E-state index is 12.9. The third kappa shape index (κ3) is 3.22. The van der Waals surface area contributed by atoms with Crippen molar-refractivity contribution in [2.24, 2.45) is 5.92 Å². The zero-order chi connectivity index (χ0) is 17.0. The van der Waals surface area contributed by atoms with Gasteiger partial charge in [0.1, 0.15) is 5.82 Å². The molecule has 1 atom stereocenters. The van der Waals surface area contributed by atoms with Gasteiger partial charge in [0.2, 0.25) is 0 Å². The summed E-state index contributed by atoms with van der Waals surface area (Å²) in [5, 5.41) is 14.3. The van der Waals surface area contributed by atoms with Crippen LogP contribution in [0.1, 0.15) is 37.1 Å². The Morgan fingerprint density at radius 1 is 1.33 bits per heavy atom. The summed E-state index contributed by atoms with van der Waals surface area (Å²) >= 11 is 0. The molecule has 1 aromatic carbocycles. The van der Waals surface area contributed by atoms with Crippen LogP contribution in [0.2, 0.25) is 0 Å². The van der Waals surface area contributed by atoms with Gasteiger partial charge in [-0.2, -0.15) is 0 Å².